The van der Waals surface area contributed by atoms with Gasteiger partial charge in [0.15, 0.2) is 0 Å². The zero-order valence-electron chi connectivity index (χ0n) is 7.39. The van der Waals surface area contributed by atoms with E-state index in [2.05, 4.69) is 39.9 Å². The monoisotopic (exact) mass is 237 g/mol. The Balaban J connectivity index is 2.65. The van der Waals surface area contributed by atoms with Gasteiger partial charge < -0.3 is 5.73 Å². The Morgan fingerprint density at radius 1 is 1.23 bits per heavy atom. The highest BCUT2D eigenvalue weighted by atomic mass is 79.9. The van der Waals surface area contributed by atoms with Gasteiger partial charge >= 0.3 is 0 Å². The molecule has 0 aliphatic heterocycles. The Morgan fingerprint density at radius 3 is 2.46 bits per heavy atom. The van der Waals surface area contributed by atoms with E-state index in [0.29, 0.717) is 6.54 Å². The van der Waals surface area contributed by atoms with E-state index in [1.54, 1.807) is 0 Å². The fourth-order valence-corrected chi connectivity index (χ4v) is 1.29. The molecule has 0 radical (unpaired) electrons. The van der Waals surface area contributed by atoms with E-state index in [9.17, 15) is 0 Å². The Morgan fingerprint density at radius 2 is 1.92 bits per heavy atom. The molecule has 0 atom stereocenters. The van der Waals surface area contributed by atoms with E-state index in [1.165, 1.54) is 5.56 Å². The largest absolute Gasteiger partial charge is 0.330 e. The van der Waals surface area contributed by atoms with Gasteiger partial charge in [-0.3, -0.25) is 0 Å². The summed E-state index contributed by atoms with van der Waals surface area (Å²) in [5, 5.41) is 0.892. The number of rotatable bonds is 2. The van der Waals surface area contributed by atoms with Gasteiger partial charge in [0.1, 0.15) is 0 Å². The van der Waals surface area contributed by atoms with Crippen LogP contribution in [0.1, 0.15) is 17.5 Å². The topological polar surface area (TPSA) is 26.0 Å². The van der Waals surface area contributed by atoms with Gasteiger partial charge in [-0.25, -0.2) is 0 Å². The third-order valence-corrected chi connectivity index (χ3v) is 2.26. The van der Waals surface area contributed by atoms with Crippen molar-refractivity contribution >= 4 is 15.9 Å². The fraction of sp³-hybridized carbons (Fsp3) is 0.273. The summed E-state index contributed by atoms with van der Waals surface area (Å²) in [5.41, 5.74) is 7.65. The van der Waals surface area contributed by atoms with Crippen LogP contribution in [-0.2, 0) is 5.33 Å². The first-order valence-electron chi connectivity index (χ1n) is 4.20. The smallest absolute Gasteiger partial charge is 0.0283 e. The minimum atomic E-state index is 0.631. The lowest BCUT2D eigenvalue weighted by Crippen LogP contribution is -1.95. The van der Waals surface area contributed by atoms with Crippen molar-refractivity contribution < 1.29 is 0 Å². The summed E-state index contributed by atoms with van der Waals surface area (Å²) in [6.07, 6.45) is 0.764. The summed E-state index contributed by atoms with van der Waals surface area (Å²) in [4.78, 5) is 0. The third kappa shape index (κ3) is 3.63. The highest BCUT2D eigenvalue weighted by Crippen LogP contribution is 2.06. The van der Waals surface area contributed by atoms with Gasteiger partial charge in [-0.1, -0.05) is 39.9 Å². The first-order chi connectivity index (χ1) is 6.36. The molecule has 1 rings (SSSR count). The van der Waals surface area contributed by atoms with Crippen LogP contribution in [0.3, 0.4) is 0 Å². The lowest BCUT2D eigenvalue weighted by atomic mass is 10.1. The van der Waals surface area contributed by atoms with Crippen LogP contribution in [0.5, 0.6) is 0 Å². The molecule has 0 fully saturated rings. The van der Waals surface area contributed by atoms with Gasteiger partial charge in [-0.2, -0.15) is 0 Å². The summed E-state index contributed by atoms with van der Waals surface area (Å²) in [5.74, 6) is 6.05. The van der Waals surface area contributed by atoms with Gasteiger partial charge in [0.25, 0.3) is 0 Å². The van der Waals surface area contributed by atoms with Crippen molar-refractivity contribution in [1.29, 1.82) is 0 Å². The fourth-order valence-electron chi connectivity index (χ4n) is 0.914. The van der Waals surface area contributed by atoms with Crippen LogP contribution in [0.15, 0.2) is 24.3 Å². The number of halogens is 1. The van der Waals surface area contributed by atoms with Crippen molar-refractivity contribution in [1.82, 2.24) is 0 Å². The van der Waals surface area contributed by atoms with Crippen molar-refractivity contribution in [2.24, 2.45) is 5.73 Å². The molecule has 0 saturated heterocycles. The summed E-state index contributed by atoms with van der Waals surface area (Å²) in [7, 11) is 0. The molecule has 1 aromatic rings. The molecule has 1 nitrogen and oxygen atoms in total. The van der Waals surface area contributed by atoms with E-state index in [0.717, 1.165) is 17.3 Å². The molecular formula is C11H12BrN. The van der Waals surface area contributed by atoms with Crippen LogP contribution < -0.4 is 5.73 Å². The molecule has 0 aromatic heterocycles. The zero-order chi connectivity index (χ0) is 9.52. The average molecular weight is 238 g/mol. The molecule has 13 heavy (non-hydrogen) atoms. The molecule has 0 heterocycles. The van der Waals surface area contributed by atoms with Crippen molar-refractivity contribution in [2.45, 2.75) is 11.8 Å². The van der Waals surface area contributed by atoms with Crippen molar-refractivity contribution in [3.8, 4) is 11.8 Å². The molecule has 0 aliphatic rings. The molecule has 0 amide bonds. The lowest BCUT2D eigenvalue weighted by molar-refractivity contribution is 1.03. The Kier molecular flexibility index (Phi) is 4.59. The second kappa shape index (κ2) is 5.80. The maximum absolute atomic E-state index is 5.33. The summed E-state index contributed by atoms with van der Waals surface area (Å²) in [6, 6.07) is 8.20. The van der Waals surface area contributed by atoms with E-state index >= 15 is 0 Å². The lowest BCUT2D eigenvalue weighted by Gasteiger charge is -1.93. The number of alkyl halides is 1. The van der Waals surface area contributed by atoms with Gasteiger partial charge in [0.2, 0.25) is 0 Å². The van der Waals surface area contributed by atoms with Crippen molar-refractivity contribution in [2.75, 3.05) is 6.54 Å². The standard InChI is InChI=1S/C11H12BrN/c12-9-11-6-4-10(5-7-11)3-1-2-8-13/h4-7H,2,8-9,13H2. The molecule has 0 unspecified atom stereocenters. The average Bonchev–Trinajstić information content (AvgIpc) is 2.19. The minimum Gasteiger partial charge on any atom is -0.330 e. The van der Waals surface area contributed by atoms with Gasteiger partial charge in [0, 0.05) is 23.9 Å². The van der Waals surface area contributed by atoms with Crippen LogP contribution in [-0.4, -0.2) is 6.54 Å². The number of hydrogen-bond donors (Lipinski definition) is 1. The summed E-state index contributed by atoms with van der Waals surface area (Å²) < 4.78 is 0. The van der Waals surface area contributed by atoms with Crippen LogP contribution in [0.2, 0.25) is 0 Å². The van der Waals surface area contributed by atoms with Crippen LogP contribution in [0, 0.1) is 11.8 Å². The summed E-state index contributed by atoms with van der Waals surface area (Å²) >= 11 is 3.39. The zero-order valence-corrected chi connectivity index (χ0v) is 8.97. The molecule has 2 heteroatoms. The van der Waals surface area contributed by atoms with Gasteiger partial charge in [0.05, 0.1) is 0 Å². The third-order valence-electron chi connectivity index (χ3n) is 1.61. The van der Waals surface area contributed by atoms with E-state index < -0.39 is 0 Å². The first-order valence-corrected chi connectivity index (χ1v) is 5.33. The molecular weight excluding hydrogens is 226 g/mol. The molecule has 68 valence electrons. The van der Waals surface area contributed by atoms with E-state index in [1.807, 2.05) is 12.1 Å². The van der Waals surface area contributed by atoms with Crippen LogP contribution >= 0.6 is 15.9 Å². The van der Waals surface area contributed by atoms with E-state index in [-0.39, 0.29) is 0 Å². The SMILES string of the molecule is NCCC#Cc1ccc(CBr)cc1. The molecule has 0 spiro atoms. The summed E-state index contributed by atoms with van der Waals surface area (Å²) in [6.45, 7) is 0.631. The number of nitrogens with two attached hydrogens (primary N) is 1. The highest BCUT2D eigenvalue weighted by molar-refractivity contribution is 9.08. The predicted molar refractivity (Wildman–Crippen MR) is 59.6 cm³/mol. The van der Waals surface area contributed by atoms with E-state index in [4.69, 9.17) is 5.73 Å². The molecule has 0 saturated carbocycles. The minimum absolute atomic E-state index is 0.631. The second-order valence-corrected chi connectivity index (χ2v) is 3.23. The number of benzene rings is 1. The van der Waals surface area contributed by atoms with Gasteiger partial charge in [-0.15, -0.1) is 0 Å². The maximum atomic E-state index is 5.33. The molecule has 0 bridgehead atoms. The van der Waals surface area contributed by atoms with Crippen LogP contribution in [0.25, 0.3) is 0 Å². The molecule has 0 aliphatic carbocycles. The normalized spacial score (nSPS) is 9.08. The first kappa shape index (κ1) is 10.3. The number of hydrogen-bond acceptors (Lipinski definition) is 1. The predicted octanol–water partition coefficient (Wildman–Crippen LogP) is 2.28. The quantitative estimate of drug-likeness (QED) is 0.620. The highest BCUT2D eigenvalue weighted by Gasteiger charge is 1.88. The molecule has 2 N–H and O–H groups in total. The maximum Gasteiger partial charge on any atom is 0.0283 e. The van der Waals surface area contributed by atoms with Crippen molar-refractivity contribution in [3.63, 3.8) is 0 Å². The second-order valence-electron chi connectivity index (χ2n) is 2.67. The Bertz CT molecular complexity index is 305. The Hall–Kier alpha value is -0.780. The Labute approximate surface area is 87.5 Å². The van der Waals surface area contributed by atoms with Gasteiger partial charge in [-0.05, 0) is 17.7 Å². The molecule has 1 aromatic carbocycles. The van der Waals surface area contributed by atoms with Crippen LogP contribution in [0.4, 0.5) is 0 Å². The van der Waals surface area contributed by atoms with Crippen molar-refractivity contribution in [3.05, 3.63) is 35.4 Å².